The van der Waals surface area contributed by atoms with Crippen molar-refractivity contribution in [2.24, 2.45) is 0 Å². The molecule has 13 heteroatoms. The Labute approximate surface area is 261 Å². The van der Waals surface area contributed by atoms with Crippen LogP contribution in [0.3, 0.4) is 0 Å². The van der Waals surface area contributed by atoms with Crippen molar-refractivity contribution in [2.75, 3.05) is 14.2 Å². The SMILES string of the molecule is COc1cccc(OC)c1-n1c(CS(=O)(=O)[C@@H](C)[C@H](O[Si](C)(C)C(C)(C)C)c2ncc(C)cn2)nnc1-c1cncc(C)c1. The molecule has 0 radical (unpaired) electrons. The Balaban J connectivity index is 1.86. The van der Waals surface area contributed by atoms with Crippen molar-refractivity contribution in [3.05, 3.63) is 71.8 Å². The first-order valence-electron chi connectivity index (χ1n) is 14.3. The molecule has 44 heavy (non-hydrogen) atoms. The normalized spacial score (nSPS) is 13.9. The number of aromatic nitrogens is 6. The molecule has 0 bridgehead atoms. The van der Waals surface area contributed by atoms with Gasteiger partial charge in [0.05, 0.1) is 19.5 Å². The number of nitrogens with zero attached hydrogens (tertiary/aromatic N) is 6. The van der Waals surface area contributed by atoms with Gasteiger partial charge in [0.2, 0.25) is 0 Å². The van der Waals surface area contributed by atoms with Crippen LogP contribution in [0.1, 0.15) is 56.6 Å². The van der Waals surface area contributed by atoms with Crippen molar-refractivity contribution in [1.82, 2.24) is 29.7 Å². The third kappa shape index (κ3) is 6.84. The second-order valence-corrected chi connectivity index (χ2v) is 19.6. The molecule has 3 heterocycles. The van der Waals surface area contributed by atoms with Crippen molar-refractivity contribution in [3.63, 3.8) is 0 Å². The zero-order valence-electron chi connectivity index (χ0n) is 27.1. The molecule has 11 nitrogen and oxygen atoms in total. The third-order valence-electron chi connectivity index (χ3n) is 8.09. The summed E-state index contributed by atoms with van der Waals surface area (Å²) >= 11 is 0. The first-order valence-corrected chi connectivity index (χ1v) is 19.0. The van der Waals surface area contributed by atoms with Gasteiger partial charge in [-0.1, -0.05) is 26.8 Å². The van der Waals surface area contributed by atoms with Crippen molar-refractivity contribution in [3.8, 4) is 28.6 Å². The summed E-state index contributed by atoms with van der Waals surface area (Å²) in [4.78, 5) is 13.3. The molecule has 4 aromatic rings. The van der Waals surface area contributed by atoms with Gasteiger partial charge >= 0.3 is 0 Å². The molecular formula is C31H42N6O5SSi. The van der Waals surface area contributed by atoms with Crippen molar-refractivity contribution in [2.45, 2.75) is 76.8 Å². The molecule has 0 aliphatic rings. The number of pyridine rings is 1. The van der Waals surface area contributed by atoms with E-state index in [9.17, 15) is 8.42 Å². The van der Waals surface area contributed by atoms with Gasteiger partial charge in [-0.05, 0) is 68.2 Å². The van der Waals surface area contributed by atoms with Crippen LogP contribution in [0.15, 0.2) is 49.1 Å². The number of para-hydroxylation sites is 1. The van der Waals surface area contributed by atoms with Crippen molar-refractivity contribution in [1.29, 1.82) is 0 Å². The van der Waals surface area contributed by atoms with Gasteiger partial charge < -0.3 is 13.9 Å². The van der Waals surface area contributed by atoms with Crippen molar-refractivity contribution >= 4 is 18.2 Å². The summed E-state index contributed by atoms with van der Waals surface area (Å²) in [5.74, 6) is 1.40. The topological polar surface area (TPSA) is 131 Å². The summed E-state index contributed by atoms with van der Waals surface area (Å²) in [6.45, 7) is 15.9. The average molecular weight is 639 g/mol. The number of hydrogen-bond donors (Lipinski definition) is 0. The maximum Gasteiger partial charge on any atom is 0.193 e. The zero-order chi connectivity index (χ0) is 32.4. The Morgan fingerprint density at radius 3 is 2.09 bits per heavy atom. The number of sulfone groups is 1. The highest BCUT2D eigenvalue weighted by molar-refractivity contribution is 7.91. The number of hydrogen-bond acceptors (Lipinski definition) is 10. The molecule has 2 atom stereocenters. The first-order chi connectivity index (χ1) is 20.6. The fourth-order valence-electron chi connectivity index (χ4n) is 4.46. The minimum Gasteiger partial charge on any atom is -0.494 e. The van der Waals surface area contributed by atoms with Crippen molar-refractivity contribution < 1.29 is 22.3 Å². The van der Waals surface area contributed by atoms with Crippen LogP contribution in [0.5, 0.6) is 11.5 Å². The molecule has 4 rings (SSSR count). The smallest absolute Gasteiger partial charge is 0.193 e. The monoisotopic (exact) mass is 638 g/mol. The lowest BCUT2D eigenvalue weighted by atomic mass is 10.2. The number of ether oxygens (including phenoxy) is 2. The van der Waals surface area contributed by atoms with E-state index in [2.05, 4.69) is 59.0 Å². The number of rotatable bonds is 11. The molecule has 3 aromatic heterocycles. The fraction of sp³-hybridized carbons (Fsp3) is 0.452. The van der Waals surface area contributed by atoms with Crippen LogP contribution < -0.4 is 9.47 Å². The Hall–Kier alpha value is -3.68. The maximum atomic E-state index is 14.3. The quantitative estimate of drug-likeness (QED) is 0.185. The molecule has 0 saturated heterocycles. The Bertz CT molecular complexity index is 1700. The van der Waals surface area contributed by atoms with E-state index in [1.54, 1.807) is 68.7 Å². The molecule has 0 aliphatic heterocycles. The molecule has 0 aliphatic carbocycles. The molecule has 0 unspecified atom stereocenters. The van der Waals surface area contributed by atoms with E-state index in [0.717, 1.165) is 11.1 Å². The van der Waals surface area contributed by atoms with E-state index < -0.39 is 35.3 Å². The Morgan fingerprint density at radius 1 is 0.932 bits per heavy atom. The second-order valence-electron chi connectivity index (χ2n) is 12.5. The highest BCUT2D eigenvalue weighted by Crippen LogP contribution is 2.42. The molecule has 0 spiro atoms. The molecule has 0 amide bonds. The predicted octanol–water partition coefficient (Wildman–Crippen LogP) is 5.82. The van der Waals surface area contributed by atoms with Gasteiger partial charge in [-0.2, -0.15) is 0 Å². The molecule has 0 N–H and O–H groups in total. The summed E-state index contributed by atoms with van der Waals surface area (Å²) in [5.41, 5.74) is 2.92. The number of aryl methyl sites for hydroxylation is 2. The van der Waals surface area contributed by atoms with Gasteiger partial charge in [-0.15, -0.1) is 10.2 Å². The van der Waals surface area contributed by atoms with E-state index in [1.807, 2.05) is 19.9 Å². The van der Waals surface area contributed by atoms with Gasteiger partial charge in [0.25, 0.3) is 0 Å². The Morgan fingerprint density at radius 2 is 1.55 bits per heavy atom. The molecule has 0 saturated carbocycles. The van der Waals surface area contributed by atoms with Gasteiger partial charge in [0, 0.05) is 30.4 Å². The van der Waals surface area contributed by atoms with E-state index in [1.165, 1.54) is 0 Å². The summed E-state index contributed by atoms with van der Waals surface area (Å²) in [5, 5.41) is 7.68. The van der Waals surface area contributed by atoms with Crippen LogP contribution in [0.2, 0.25) is 18.1 Å². The van der Waals surface area contributed by atoms with E-state index in [0.29, 0.717) is 34.4 Å². The van der Waals surface area contributed by atoms with Crippen LogP contribution in [0, 0.1) is 13.8 Å². The summed E-state index contributed by atoms with van der Waals surface area (Å²) < 4.78 is 48.5. The lowest BCUT2D eigenvalue weighted by Crippen LogP contribution is -2.45. The summed E-state index contributed by atoms with van der Waals surface area (Å²) in [6.07, 6.45) is 5.86. The van der Waals surface area contributed by atoms with Crippen LogP contribution in [0.4, 0.5) is 0 Å². The summed E-state index contributed by atoms with van der Waals surface area (Å²) in [7, 11) is -3.31. The largest absolute Gasteiger partial charge is 0.494 e. The van der Waals surface area contributed by atoms with E-state index >= 15 is 0 Å². The van der Waals surface area contributed by atoms with Crippen LogP contribution in [-0.4, -0.2) is 65.9 Å². The molecule has 236 valence electrons. The van der Waals surface area contributed by atoms with Gasteiger partial charge in [-0.3, -0.25) is 9.55 Å². The lowest BCUT2D eigenvalue weighted by molar-refractivity contribution is 0.172. The highest BCUT2D eigenvalue weighted by Gasteiger charge is 2.44. The highest BCUT2D eigenvalue weighted by atomic mass is 32.2. The fourth-order valence-corrected chi connectivity index (χ4v) is 7.22. The maximum absolute atomic E-state index is 14.3. The Kier molecular flexibility index (Phi) is 9.62. The van der Waals surface area contributed by atoms with E-state index in [4.69, 9.17) is 13.9 Å². The van der Waals surface area contributed by atoms with Gasteiger partial charge in [0.1, 0.15) is 29.0 Å². The average Bonchev–Trinajstić information content (AvgIpc) is 3.37. The third-order valence-corrected chi connectivity index (χ3v) is 14.6. The predicted molar refractivity (Wildman–Crippen MR) is 172 cm³/mol. The van der Waals surface area contributed by atoms with Gasteiger partial charge in [-0.25, -0.2) is 18.4 Å². The van der Waals surface area contributed by atoms with Crippen LogP contribution in [-0.2, 0) is 20.0 Å². The zero-order valence-corrected chi connectivity index (χ0v) is 28.9. The van der Waals surface area contributed by atoms with Crippen LogP contribution in [0.25, 0.3) is 17.1 Å². The summed E-state index contributed by atoms with van der Waals surface area (Å²) in [6, 6.07) is 7.25. The van der Waals surface area contributed by atoms with E-state index in [-0.39, 0.29) is 10.9 Å². The number of benzene rings is 1. The number of methoxy groups -OCH3 is 2. The minimum absolute atomic E-state index is 0.170. The van der Waals surface area contributed by atoms with Crippen LogP contribution >= 0.6 is 0 Å². The minimum atomic E-state index is -3.94. The molecule has 0 fully saturated rings. The van der Waals surface area contributed by atoms with Gasteiger partial charge in [0.15, 0.2) is 35.6 Å². The first kappa shape index (κ1) is 33.2. The standard InChI is InChI=1S/C31H42N6O5SSi/c1-20-14-23(18-32-15-20)30-36-35-26(37(30)27-24(40-7)12-11-13-25(27)41-8)19-43(38,39)22(3)28(29-33-16-21(2)17-34-29)42-44(9,10)31(4,5)6/h11-18,22,28H,19H2,1-10H3/t22-,28-/m0/s1. The lowest BCUT2D eigenvalue weighted by Gasteiger charge is -2.40. The molecular weight excluding hydrogens is 597 g/mol. The molecule has 1 aromatic carbocycles. The second kappa shape index (κ2) is 12.7.